The molecule has 1 atom stereocenters. The van der Waals surface area contributed by atoms with E-state index in [1.54, 1.807) is 37.4 Å². The van der Waals surface area contributed by atoms with E-state index in [0.29, 0.717) is 52.5 Å². The van der Waals surface area contributed by atoms with Gasteiger partial charge in [-0.2, -0.15) is 8.75 Å². The summed E-state index contributed by atoms with van der Waals surface area (Å²) in [7, 11) is 1.60. The minimum Gasteiger partial charge on any atom is -0.487 e. The molecule has 0 amide bonds. The van der Waals surface area contributed by atoms with Gasteiger partial charge in [-0.3, -0.25) is 0 Å². The third kappa shape index (κ3) is 3.42. The van der Waals surface area contributed by atoms with Crippen molar-refractivity contribution in [3.8, 4) is 16.6 Å². The van der Waals surface area contributed by atoms with Crippen LogP contribution in [0.3, 0.4) is 0 Å². The molecule has 0 saturated heterocycles. The smallest absolute Gasteiger partial charge is 0.342 e. The van der Waals surface area contributed by atoms with E-state index >= 15 is 0 Å². The Labute approximate surface area is 202 Å². The fourth-order valence-corrected chi connectivity index (χ4v) is 5.55. The van der Waals surface area contributed by atoms with Crippen molar-refractivity contribution in [3.63, 3.8) is 0 Å². The molecular weight excluding hydrogens is 476 g/mol. The molecule has 4 heterocycles. The highest BCUT2D eigenvalue weighted by molar-refractivity contribution is 7.13. The Kier molecular flexibility index (Phi) is 5.01. The minimum atomic E-state index is -1.98. The normalized spacial score (nSPS) is 19.5. The zero-order valence-corrected chi connectivity index (χ0v) is 19.6. The standard InChI is InChI=1S/C24H18N2O6S2/c1-29-21-7-4-15(33-21)12-16-22(13-2-5-17-18(10-13)26-34-25-17)23(27)32-24(16,28)14-3-6-19-20(11-14)31-9-8-30-19/h2-7,10-11,28H,8-9,12H2,1H3. The molecule has 6 rings (SSSR count). The SMILES string of the molecule is COc1ccc(CC2=C(c3ccc4nsnc4c3)C(=O)OC2(O)c2ccc3c(c2)OCCO3)s1. The van der Waals surface area contributed by atoms with E-state index in [2.05, 4.69) is 8.75 Å². The summed E-state index contributed by atoms with van der Waals surface area (Å²) in [4.78, 5) is 14.2. The fourth-order valence-electron chi connectivity index (χ4n) is 4.20. The molecule has 2 aliphatic heterocycles. The maximum Gasteiger partial charge on any atom is 0.342 e. The number of hydrogen-bond acceptors (Lipinski definition) is 10. The molecule has 8 nitrogen and oxygen atoms in total. The van der Waals surface area contributed by atoms with Crippen LogP contribution in [0.15, 0.2) is 54.1 Å². The van der Waals surface area contributed by atoms with Gasteiger partial charge in [-0.1, -0.05) is 6.07 Å². The van der Waals surface area contributed by atoms with Gasteiger partial charge in [-0.05, 0) is 48.0 Å². The van der Waals surface area contributed by atoms with Crippen molar-refractivity contribution in [2.75, 3.05) is 20.3 Å². The molecule has 0 fully saturated rings. The largest absolute Gasteiger partial charge is 0.487 e. The second kappa shape index (κ2) is 8.08. The Bertz CT molecular complexity index is 1460. The van der Waals surface area contributed by atoms with Gasteiger partial charge in [0.15, 0.2) is 16.6 Å². The van der Waals surface area contributed by atoms with Gasteiger partial charge in [0, 0.05) is 22.4 Å². The van der Waals surface area contributed by atoms with Gasteiger partial charge in [0.05, 0.1) is 24.4 Å². The van der Waals surface area contributed by atoms with Crippen molar-refractivity contribution >= 4 is 45.6 Å². The maximum atomic E-state index is 13.2. The average molecular weight is 495 g/mol. The van der Waals surface area contributed by atoms with E-state index in [4.69, 9.17) is 18.9 Å². The summed E-state index contributed by atoms with van der Waals surface area (Å²) in [6, 6.07) is 14.2. The van der Waals surface area contributed by atoms with Crippen molar-refractivity contribution in [2.24, 2.45) is 0 Å². The monoisotopic (exact) mass is 494 g/mol. The number of cyclic esters (lactones) is 1. The topological polar surface area (TPSA) is 100 Å². The number of rotatable bonds is 5. The van der Waals surface area contributed by atoms with Gasteiger partial charge in [0.25, 0.3) is 5.79 Å². The first-order valence-corrected chi connectivity index (χ1v) is 12.0. The van der Waals surface area contributed by atoms with Crippen LogP contribution in [0.1, 0.15) is 16.0 Å². The maximum absolute atomic E-state index is 13.2. The van der Waals surface area contributed by atoms with E-state index in [-0.39, 0.29) is 6.42 Å². The van der Waals surface area contributed by atoms with E-state index in [0.717, 1.165) is 27.2 Å². The third-order valence-corrected chi connectivity index (χ3v) is 7.42. The van der Waals surface area contributed by atoms with Crippen molar-refractivity contribution in [1.29, 1.82) is 0 Å². The van der Waals surface area contributed by atoms with Gasteiger partial charge in [0.1, 0.15) is 24.2 Å². The second-order valence-corrected chi connectivity index (χ2v) is 9.47. The van der Waals surface area contributed by atoms with Crippen LogP contribution in [0.25, 0.3) is 16.6 Å². The van der Waals surface area contributed by atoms with E-state index < -0.39 is 11.8 Å². The number of nitrogens with zero attached hydrogens (tertiary/aromatic N) is 2. The number of carbonyl (C=O) groups is 1. The number of hydrogen-bond donors (Lipinski definition) is 1. The lowest BCUT2D eigenvalue weighted by molar-refractivity contribution is -0.185. The van der Waals surface area contributed by atoms with E-state index in [9.17, 15) is 9.90 Å². The summed E-state index contributed by atoms with van der Waals surface area (Å²) in [6.07, 6.45) is 0.285. The summed E-state index contributed by atoms with van der Waals surface area (Å²) in [6.45, 7) is 0.856. The Morgan fingerprint density at radius 2 is 1.85 bits per heavy atom. The average Bonchev–Trinajstić information content (AvgIpc) is 3.57. The summed E-state index contributed by atoms with van der Waals surface area (Å²) in [5.74, 6) is -1.51. The lowest BCUT2D eigenvalue weighted by Gasteiger charge is -2.27. The number of aromatic nitrogens is 2. The van der Waals surface area contributed by atoms with Crippen molar-refractivity contribution in [2.45, 2.75) is 12.2 Å². The fraction of sp³-hybridized carbons (Fsp3) is 0.208. The number of benzene rings is 2. The first-order chi connectivity index (χ1) is 16.5. The number of aliphatic hydroxyl groups is 1. The Morgan fingerprint density at radius 3 is 2.68 bits per heavy atom. The van der Waals surface area contributed by atoms with Gasteiger partial charge in [-0.15, -0.1) is 11.3 Å². The van der Waals surface area contributed by atoms with Gasteiger partial charge in [-0.25, -0.2) is 4.79 Å². The predicted octanol–water partition coefficient (Wildman–Crippen LogP) is 3.93. The lowest BCUT2D eigenvalue weighted by Crippen LogP contribution is -2.30. The summed E-state index contributed by atoms with van der Waals surface area (Å²) in [5, 5.41) is 12.6. The molecule has 2 aromatic carbocycles. The minimum absolute atomic E-state index is 0.285. The van der Waals surface area contributed by atoms with E-state index in [1.165, 1.54) is 11.3 Å². The second-order valence-electron chi connectivity index (χ2n) is 7.81. The molecule has 0 spiro atoms. The highest BCUT2D eigenvalue weighted by atomic mass is 32.1. The molecule has 172 valence electrons. The molecule has 10 heteroatoms. The van der Waals surface area contributed by atoms with Crippen molar-refractivity contribution < 1.29 is 28.8 Å². The van der Waals surface area contributed by atoms with Crippen LogP contribution in [0.4, 0.5) is 0 Å². The molecule has 0 bridgehead atoms. The van der Waals surface area contributed by atoms with Crippen LogP contribution in [-0.2, 0) is 21.7 Å². The Balaban J connectivity index is 1.52. The molecular formula is C24H18N2O6S2. The first-order valence-electron chi connectivity index (χ1n) is 10.5. The van der Waals surface area contributed by atoms with Gasteiger partial charge < -0.3 is 24.1 Å². The van der Waals surface area contributed by atoms with Crippen LogP contribution < -0.4 is 14.2 Å². The molecule has 0 radical (unpaired) electrons. The molecule has 34 heavy (non-hydrogen) atoms. The molecule has 0 saturated carbocycles. The molecule has 1 unspecified atom stereocenters. The zero-order chi connectivity index (χ0) is 23.3. The number of fused-ring (bicyclic) bond motifs is 2. The Hall–Kier alpha value is -3.47. The molecule has 0 aliphatic carbocycles. The number of esters is 1. The van der Waals surface area contributed by atoms with Crippen LogP contribution in [0.5, 0.6) is 16.6 Å². The highest BCUT2D eigenvalue weighted by Crippen LogP contribution is 2.47. The number of ether oxygens (including phenoxy) is 4. The summed E-state index contributed by atoms with van der Waals surface area (Å²) >= 11 is 2.54. The van der Waals surface area contributed by atoms with Crippen LogP contribution in [0.2, 0.25) is 0 Å². The first kappa shape index (κ1) is 21.1. The highest BCUT2D eigenvalue weighted by Gasteiger charge is 2.48. The number of methoxy groups -OCH3 is 1. The molecule has 2 aliphatic rings. The molecule has 1 N–H and O–H groups in total. The van der Waals surface area contributed by atoms with Gasteiger partial charge >= 0.3 is 5.97 Å². The molecule has 2 aromatic heterocycles. The summed E-state index contributed by atoms with van der Waals surface area (Å²) < 4.78 is 30.8. The number of thiophene rings is 1. The third-order valence-electron chi connectivity index (χ3n) is 5.82. The zero-order valence-electron chi connectivity index (χ0n) is 17.9. The lowest BCUT2D eigenvalue weighted by atomic mass is 9.89. The van der Waals surface area contributed by atoms with Crippen LogP contribution in [0, 0.1) is 0 Å². The van der Waals surface area contributed by atoms with Gasteiger partial charge in [0.2, 0.25) is 0 Å². The van der Waals surface area contributed by atoms with Crippen LogP contribution in [-0.4, -0.2) is 40.1 Å². The van der Waals surface area contributed by atoms with Crippen molar-refractivity contribution in [3.05, 3.63) is 70.1 Å². The predicted molar refractivity (Wildman–Crippen MR) is 126 cm³/mol. The molecule has 4 aromatic rings. The quantitative estimate of drug-likeness (QED) is 0.417. The van der Waals surface area contributed by atoms with Crippen LogP contribution >= 0.6 is 23.1 Å². The number of carbonyl (C=O) groups excluding carboxylic acids is 1. The Morgan fingerprint density at radius 1 is 1.03 bits per heavy atom. The van der Waals surface area contributed by atoms with Crippen molar-refractivity contribution in [1.82, 2.24) is 8.75 Å². The van der Waals surface area contributed by atoms with E-state index in [1.807, 2.05) is 18.2 Å². The summed E-state index contributed by atoms with van der Waals surface area (Å²) in [5.41, 5.74) is 3.15.